The van der Waals surface area contributed by atoms with E-state index in [1.165, 1.54) is 6.07 Å². The molecule has 0 N–H and O–H groups in total. The van der Waals surface area contributed by atoms with Crippen LogP contribution in [0.4, 0.5) is 4.39 Å². The zero-order chi connectivity index (χ0) is 18.1. The van der Waals surface area contributed by atoms with Crippen LogP contribution in [0.2, 0.25) is 5.02 Å². The van der Waals surface area contributed by atoms with E-state index in [2.05, 4.69) is 17.1 Å². The minimum absolute atomic E-state index is 0.278. The standard InChI is InChI=1S/C20H17ClFN3O/c1-2-6-19-23-24-20(26-19)18-11-13-7-3-4-10-17(13)25(18)12-14-15(21)8-5-9-16(14)22/h3-5,7-11H,2,6,12H2,1H3. The van der Waals surface area contributed by atoms with E-state index < -0.39 is 0 Å². The van der Waals surface area contributed by atoms with Crippen LogP contribution in [-0.4, -0.2) is 14.8 Å². The van der Waals surface area contributed by atoms with Crippen molar-refractivity contribution < 1.29 is 8.81 Å². The fraction of sp³-hybridized carbons (Fsp3) is 0.200. The second-order valence-corrected chi connectivity index (χ2v) is 6.53. The second kappa shape index (κ2) is 6.92. The second-order valence-electron chi connectivity index (χ2n) is 6.13. The summed E-state index contributed by atoms with van der Waals surface area (Å²) in [5.41, 5.74) is 2.14. The van der Waals surface area contributed by atoms with Crippen LogP contribution in [0.25, 0.3) is 22.5 Å². The number of hydrogen-bond donors (Lipinski definition) is 0. The number of halogens is 2. The molecule has 4 nitrogen and oxygen atoms in total. The molecule has 4 aromatic rings. The minimum atomic E-state index is -0.335. The molecule has 132 valence electrons. The van der Waals surface area contributed by atoms with Gasteiger partial charge >= 0.3 is 0 Å². The fourth-order valence-corrected chi connectivity index (χ4v) is 3.29. The third-order valence-electron chi connectivity index (χ3n) is 4.34. The van der Waals surface area contributed by atoms with Gasteiger partial charge in [0.15, 0.2) is 0 Å². The number of benzene rings is 2. The average molecular weight is 370 g/mol. The van der Waals surface area contributed by atoms with Gasteiger partial charge in [0.2, 0.25) is 5.89 Å². The number of para-hydroxylation sites is 1. The van der Waals surface area contributed by atoms with Gasteiger partial charge in [-0.15, -0.1) is 10.2 Å². The normalized spacial score (nSPS) is 11.3. The van der Waals surface area contributed by atoms with E-state index in [1.807, 2.05) is 34.9 Å². The number of fused-ring (bicyclic) bond motifs is 1. The van der Waals surface area contributed by atoms with Crippen molar-refractivity contribution in [3.8, 4) is 11.6 Å². The molecule has 0 amide bonds. The van der Waals surface area contributed by atoms with Gasteiger partial charge in [-0.1, -0.05) is 42.8 Å². The summed E-state index contributed by atoms with van der Waals surface area (Å²) in [6, 6.07) is 14.6. The zero-order valence-electron chi connectivity index (χ0n) is 14.2. The van der Waals surface area contributed by atoms with Crippen LogP contribution < -0.4 is 0 Å². The van der Waals surface area contributed by atoms with Gasteiger partial charge in [-0.25, -0.2) is 4.39 Å². The van der Waals surface area contributed by atoms with Crippen molar-refractivity contribution in [2.24, 2.45) is 0 Å². The zero-order valence-corrected chi connectivity index (χ0v) is 15.0. The summed E-state index contributed by atoms with van der Waals surface area (Å²) in [7, 11) is 0. The van der Waals surface area contributed by atoms with E-state index in [1.54, 1.807) is 12.1 Å². The first-order valence-corrected chi connectivity index (χ1v) is 8.89. The Labute approximate surface area is 155 Å². The lowest BCUT2D eigenvalue weighted by Gasteiger charge is -2.11. The molecule has 2 aromatic heterocycles. The highest BCUT2D eigenvalue weighted by Gasteiger charge is 2.18. The van der Waals surface area contributed by atoms with Crippen molar-refractivity contribution >= 4 is 22.5 Å². The van der Waals surface area contributed by atoms with Crippen molar-refractivity contribution in [2.45, 2.75) is 26.3 Å². The Hall–Kier alpha value is -2.66. The van der Waals surface area contributed by atoms with Gasteiger partial charge in [-0.2, -0.15) is 0 Å². The van der Waals surface area contributed by atoms with Crippen molar-refractivity contribution in [3.05, 3.63) is 70.8 Å². The van der Waals surface area contributed by atoms with E-state index in [9.17, 15) is 4.39 Å². The Morgan fingerprint density at radius 3 is 2.77 bits per heavy atom. The molecule has 4 rings (SSSR count). The lowest BCUT2D eigenvalue weighted by molar-refractivity contribution is 0.498. The van der Waals surface area contributed by atoms with E-state index in [0.29, 0.717) is 22.4 Å². The molecule has 0 fully saturated rings. The van der Waals surface area contributed by atoms with Crippen molar-refractivity contribution in [1.82, 2.24) is 14.8 Å². The maximum Gasteiger partial charge on any atom is 0.264 e. The smallest absolute Gasteiger partial charge is 0.264 e. The highest BCUT2D eigenvalue weighted by Crippen LogP contribution is 2.30. The average Bonchev–Trinajstić information content (AvgIpc) is 3.23. The Morgan fingerprint density at radius 1 is 1.12 bits per heavy atom. The molecule has 26 heavy (non-hydrogen) atoms. The predicted molar refractivity (Wildman–Crippen MR) is 99.7 cm³/mol. The lowest BCUT2D eigenvalue weighted by Crippen LogP contribution is -2.04. The molecule has 2 aromatic carbocycles. The van der Waals surface area contributed by atoms with Gasteiger partial charge in [0.25, 0.3) is 5.89 Å². The maximum absolute atomic E-state index is 14.3. The Balaban J connectivity index is 1.86. The molecule has 0 saturated carbocycles. The largest absolute Gasteiger partial charge is 0.419 e. The topological polar surface area (TPSA) is 43.9 Å². The molecule has 0 saturated heterocycles. The summed E-state index contributed by atoms with van der Waals surface area (Å²) in [6.45, 7) is 2.33. The van der Waals surface area contributed by atoms with Crippen molar-refractivity contribution in [3.63, 3.8) is 0 Å². The minimum Gasteiger partial charge on any atom is -0.419 e. The van der Waals surface area contributed by atoms with Crippen molar-refractivity contribution in [1.29, 1.82) is 0 Å². The molecule has 0 aliphatic heterocycles. The van der Waals surface area contributed by atoms with Crippen LogP contribution >= 0.6 is 11.6 Å². The maximum atomic E-state index is 14.3. The van der Waals surface area contributed by atoms with Gasteiger partial charge in [0.1, 0.15) is 11.5 Å². The Morgan fingerprint density at radius 2 is 1.96 bits per heavy atom. The molecule has 0 unspecified atom stereocenters. The molecule has 0 spiro atoms. The summed E-state index contributed by atoms with van der Waals surface area (Å²) in [4.78, 5) is 0. The fourth-order valence-electron chi connectivity index (χ4n) is 3.07. The summed E-state index contributed by atoms with van der Waals surface area (Å²) >= 11 is 6.24. The third-order valence-corrected chi connectivity index (χ3v) is 4.69. The highest BCUT2D eigenvalue weighted by atomic mass is 35.5. The molecule has 0 bridgehead atoms. The van der Waals surface area contributed by atoms with Crippen LogP contribution in [0, 0.1) is 5.82 Å². The van der Waals surface area contributed by atoms with Gasteiger partial charge in [0, 0.05) is 27.9 Å². The highest BCUT2D eigenvalue weighted by molar-refractivity contribution is 6.31. The van der Waals surface area contributed by atoms with Crippen LogP contribution in [-0.2, 0) is 13.0 Å². The first-order valence-electron chi connectivity index (χ1n) is 8.51. The third kappa shape index (κ3) is 2.99. The van der Waals surface area contributed by atoms with Crippen LogP contribution in [0.15, 0.2) is 52.9 Å². The van der Waals surface area contributed by atoms with E-state index in [4.69, 9.17) is 16.0 Å². The molecule has 6 heteroatoms. The van der Waals surface area contributed by atoms with Gasteiger partial charge < -0.3 is 8.98 Å². The van der Waals surface area contributed by atoms with E-state index >= 15 is 0 Å². The van der Waals surface area contributed by atoms with Crippen LogP contribution in [0.1, 0.15) is 24.8 Å². The predicted octanol–water partition coefficient (Wildman–Crippen LogP) is 5.48. The van der Waals surface area contributed by atoms with Crippen molar-refractivity contribution in [2.75, 3.05) is 0 Å². The van der Waals surface area contributed by atoms with Crippen LogP contribution in [0.5, 0.6) is 0 Å². The number of aryl methyl sites for hydroxylation is 1. The molecule has 2 heterocycles. The lowest BCUT2D eigenvalue weighted by atomic mass is 10.2. The van der Waals surface area contributed by atoms with Gasteiger partial charge in [-0.3, -0.25) is 0 Å². The number of rotatable bonds is 5. The molecule has 0 aliphatic carbocycles. The van der Waals surface area contributed by atoms with E-state index in [-0.39, 0.29) is 12.4 Å². The Bertz CT molecular complexity index is 1050. The summed E-state index contributed by atoms with van der Waals surface area (Å²) in [5, 5.41) is 9.70. The summed E-state index contributed by atoms with van der Waals surface area (Å²) in [6.07, 6.45) is 1.65. The number of hydrogen-bond acceptors (Lipinski definition) is 3. The quantitative estimate of drug-likeness (QED) is 0.467. The number of aromatic nitrogens is 3. The number of nitrogens with zero attached hydrogens (tertiary/aromatic N) is 3. The molecule has 0 radical (unpaired) electrons. The Kier molecular flexibility index (Phi) is 4.47. The van der Waals surface area contributed by atoms with Gasteiger partial charge in [0.05, 0.1) is 6.54 Å². The van der Waals surface area contributed by atoms with E-state index in [0.717, 1.165) is 29.4 Å². The molecular weight excluding hydrogens is 353 g/mol. The first kappa shape index (κ1) is 16.8. The summed E-state index contributed by atoms with van der Waals surface area (Å²) in [5.74, 6) is 0.693. The summed E-state index contributed by atoms with van der Waals surface area (Å²) < 4.78 is 22.1. The van der Waals surface area contributed by atoms with Crippen LogP contribution in [0.3, 0.4) is 0 Å². The SMILES string of the molecule is CCCc1nnc(-c2cc3ccccc3n2Cc2c(F)cccc2Cl)o1. The molecule has 0 aliphatic rings. The first-order chi connectivity index (χ1) is 12.7. The monoisotopic (exact) mass is 369 g/mol. The van der Waals surface area contributed by atoms with Gasteiger partial charge in [-0.05, 0) is 30.7 Å². The molecule has 0 atom stereocenters. The molecular formula is C20H17ClFN3O.